The van der Waals surface area contributed by atoms with Crippen LogP contribution in [0.1, 0.15) is 18.4 Å². The Hall–Kier alpha value is -2.36. The van der Waals surface area contributed by atoms with Crippen molar-refractivity contribution in [1.82, 2.24) is 9.29 Å². The molecule has 0 radical (unpaired) electrons. The van der Waals surface area contributed by atoms with Crippen LogP contribution in [0.3, 0.4) is 0 Å². The molecule has 4 rings (SSSR count). The van der Waals surface area contributed by atoms with Crippen LogP contribution in [0.4, 0.5) is 0 Å². The maximum absolute atomic E-state index is 13.1. The second kappa shape index (κ2) is 8.41. The number of rotatable bonds is 6. The van der Waals surface area contributed by atoms with Crippen LogP contribution >= 0.6 is 11.3 Å². The van der Waals surface area contributed by atoms with E-state index in [1.54, 1.807) is 19.2 Å². The molecule has 1 saturated heterocycles. The van der Waals surface area contributed by atoms with Crippen molar-refractivity contribution < 1.29 is 22.6 Å². The average Bonchev–Trinajstić information content (AvgIpc) is 3.15. The number of nitrogens with zero attached hydrogens (tertiary/aromatic N) is 2. The number of fused-ring (bicyclic) bond motifs is 1. The monoisotopic (exact) mass is 448 g/mol. The van der Waals surface area contributed by atoms with Gasteiger partial charge in [0, 0.05) is 19.2 Å². The highest BCUT2D eigenvalue weighted by Gasteiger charge is 2.32. The molecule has 9 heteroatoms. The van der Waals surface area contributed by atoms with Gasteiger partial charge in [0.05, 0.1) is 24.4 Å². The summed E-state index contributed by atoms with van der Waals surface area (Å²) in [6, 6.07) is 10.9. The van der Waals surface area contributed by atoms with Gasteiger partial charge in [0.2, 0.25) is 10.0 Å². The van der Waals surface area contributed by atoms with Crippen LogP contribution in [0.25, 0.3) is 10.2 Å². The molecular weight excluding hydrogens is 424 g/mol. The molecule has 0 atom stereocenters. The molecule has 2 heterocycles. The summed E-state index contributed by atoms with van der Waals surface area (Å²) < 4.78 is 45.4. The molecule has 1 fully saturated rings. The minimum atomic E-state index is -3.63. The summed E-state index contributed by atoms with van der Waals surface area (Å²) in [4.78, 5) is 4.74. The standard InChI is InChI=1S/C21H24N2O5S2/c1-14-4-6-18(27-3)20(12-14)30(24,25)23-10-8-15(9-11-23)28-21-22-17-13-16(26-2)5-7-19(17)29-21/h4-7,12-13,15H,8-11H2,1-3H3. The van der Waals surface area contributed by atoms with Crippen LogP contribution in [0.5, 0.6) is 16.7 Å². The second-order valence-electron chi connectivity index (χ2n) is 7.19. The first-order chi connectivity index (χ1) is 14.4. The third-order valence-electron chi connectivity index (χ3n) is 5.18. The molecule has 30 heavy (non-hydrogen) atoms. The lowest BCUT2D eigenvalue weighted by Gasteiger charge is -2.31. The van der Waals surface area contributed by atoms with Crippen LogP contribution in [-0.2, 0) is 10.0 Å². The van der Waals surface area contributed by atoms with Gasteiger partial charge in [-0.05, 0) is 49.6 Å². The Morgan fingerprint density at radius 3 is 2.53 bits per heavy atom. The minimum Gasteiger partial charge on any atom is -0.497 e. The lowest BCUT2D eigenvalue weighted by Crippen LogP contribution is -2.41. The highest BCUT2D eigenvalue weighted by molar-refractivity contribution is 7.89. The molecule has 0 amide bonds. The average molecular weight is 449 g/mol. The number of aromatic nitrogens is 1. The van der Waals surface area contributed by atoms with Crippen molar-refractivity contribution in [2.75, 3.05) is 27.3 Å². The molecule has 0 unspecified atom stereocenters. The SMILES string of the molecule is COc1ccc2sc(OC3CCN(S(=O)(=O)c4cc(C)ccc4OC)CC3)nc2c1. The lowest BCUT2D eigenvalue weighted by molar-refractivity contribution is 0.135. The zero-order valence-electron chi connectivity index (χ0n) is 17.1. The number of benzene rings is 2. The number of hydrogen-bond donors (Lipinski definition) is 0. The van der Waals surface area contributed by atoms with Gasteiger partial charge in [-0.15, -0.1) is 0 Å². The molecule has 0 aliphatic carbocycles. The number of aryl methyl sites for hydroxylation is 1. The van der Waals surface area contributed by atoms with Gasteiger partial charge in [-0.1, -0.05) is 17.4 Å². The van der Waals surface area contributed by atoms with Gasteiger partial charge in [-0.2, -0.15) is 4.31 Å². The van der Waals surface area contributed by atoms with Crippen LogP contribution in [-0.4, -0.2) is 51.1 Å². The highest BCUT2D eigenvalue weighted by atomic mass is 32.2. The molecule has 2 aromatic carbocycles. The third kappa shape index (κ3) is 4.10. The molecule has 0 N–H and O–H groups in total. The molecule has 1 aliphatic rings. The fourth-order valence-electron chi connectivity index (χ4n) is 3.52. The van der Waals surface area contributed by atoms with E-state index in [4.69, 9.17) is 14.2 Å². The lowest BCUT2D eigenvalue weighted by atomic mass is 10.1. The van der Waals surface area contributed by atoms with E-state index in [9.17, 15) is 8.42 Å². The molecule has 0 saturated carbocycles. The van der Waals surface area contributed by atoms with Gasteiger partial charge >= 0.3 is 0 Å². The first-order valence-corrected chi connectivity index (χ1v) is 11.9. The smallest absolute Gasteiger partial charge is 0.274 e. The van der Waals surface area contributed by atoms with Crippen LogP contribution in [0, 0.1) is 6.92 Å². The van der Waals surface area contributed by atoms with Crippen molar-refractivity contribution in [1.29, 1.82) is 0 Å². The summed E-state index contributed by atoms with van der Waals surface area (Å²) in [5.74, 6) is 1.12. The Labute approximate surface area is 180 Å². The summed E-state index contributed by atoms with van der Waals surface area (Å²) in [6.07, 6.45) is 1.14. The van der Waals surface area contributed by atoms with E-state index in [1.807, 2.05) is 31.2 Å². The van der Waals surface area contributed by atoms with Crippen molar-refractivity contribution in [3.05, 3.63) is 42.0 Å². The normalized spacial score (nSPS) is 16.0. The fourth-order valence-corrected chi connectivity index (χ4v) is 6.09. The molecule has 3 aromatic rings. The Morgan fingerprint density at radius 1 is 1.07 bits per heavy atom. The molecule has 160 valence electrons. The maximum Gasteiger partial charge on any atom is 0.274 e. The first-order valence-electron chi connectivity index (χ1n) is 9.67. The van der Waals surface area contributed by atoms with Crippen molar-refractivity contribution in [2.24, 2.45) is 0 Å². The third-order valence-corrected chi connectivity index (χ3v) is 8.03. The molecule has 1 aliphatic heterocycles. The van der Waals surface area contributed by atoms with Gasteiger partial charge < -0.3 is 14.2 Å². The number of thiazole rings is 1. The predicted molar refractivity (Wildman–Crippen MR) is 116 cm³/mol. The number of methoxy groups -OCH3 is 2. The zero-order chi connectivity index (χ0) is 21.3. The summed E-state index contributed by atoms with van der Waals surface area (Å²) in [5, 5.41) is 0.597. The van der Waals surface area contributed by atoms with E-state index in [0.717, 1.165) is 21.5 Å². The first kappa shape index (κ1) is 20.9. The van der Waals surface area contributed by atoms with Crippen molar-refractivity contribution in [3.8, 4) is 16.7 Å². The second-order valence-corrected chi connectivity index (χ2v) is 10.1. The highest BCUT2D eigenvalue weighted by Crippen LogP contribution is 2.33. The Kier molecular flexibility index (Phi) is 5.86. The maximum atomic E-state index is 13.1. The van der Waals surface area contributed by atoms with Crippen LogP contribution in [0.2, 0.25) is 0 Å². The zero-order valence-corrected chi connectivity index (χ0v) is 18.8. The molecule has 0 spiro atoms. The largest absolute Gasteiger partial charge is 0.497 e. The Balaban J connectivity index is 1.44. The van der Waals surface area contributed by atoms with E-state index in [2.05, 4.69) is 4.98 Å². The van der Waals surface area contributed by atoms with E-state index in [0.29, 0.717) is 36.9 Å². The van der Waals surface area contributed by atoms with E-state index < -0.39 is 10.0 Å². The predicted octanol–water partition coefficient (Wildman–Crippen LogP) is 3.85. The molecule has 0 bridgehead atoms. The number of hydrogen-bond acceptors (Lipinski definition) is 7. The summed E-state index contributed by atoms with van der Waals surface area (Å²) >= 11 is 1.48. The molecule has 7 nitrogen and oxygen atoms in total. The van der Waals surface area contributed by atoms with E-state index >= 15 is 0 Å². The Morgan fingerprint density at radius 2 is 1.83 bits per heavy atom. The molecule has 1 aromatic heterocycles. The van der Waals surface area contributed by atoms with Gasteiger partial charge in [-0.3, -0.25) is 0 Å². The Bertz CT molecular complexity index is 1150. The van der Waals surface area contributed by atoms with Crippen molar-refractivity contribution in [2.45, 2.75) is 30.8 Å². The van der Waals surface area contributed by atoms with Gasteiger partial charge in [0.25, 0.3) is 5.19 Å². The molecular formula is C21H24N2O5S2. The minimum absolute atomic E-state index is 0.0710. The number of piperidine rings is 1. The number of sulfonamides is 1. The summed E-state index contributed by atoms with van der Waals surface area (Å²) in [6.45, 7) is 2.65. The van der Waals surface area contributed by atoms with Gasteiger partial charge in [0.1, 0.15) is 22.5 Å². The van der Waals surface area contributed by atoms with Crippen molar-refractivity contribution >= 4 is 31.6 Å². The van der Waals surface area contributed by atoms with Crippen LogP contribution < -0.4 is 14.2 Å². The van der Waals surface area contributed by atoms with Crippen molar-refractivity contribution in [3.63, 3.8) is 0 Å². The van der Waals surface area contributed by atoms with E-state index in [1.165, 1.54) is 22.8 Å². The van der Waals surface area contributed by atoms with Gasteiger partial charge in [-0.25, -0.2) is 13.4 Å². The van der Waals surface area contributed by atoms with Gasteiger partial charge in [0.15, 0.2) is 0 Å². The summed E-state index contributed by atoms with van der Waals surface area (Å²) in [7, 11) is -0.518. The van der Waals surface area contributed by atoms with Crippen LogP contribution in [0.15, 0.2) is 41.3 Å². The quantitative estimate of drug-likeness (QED) is 0.570. The van der Waals surface area contributed by atoms with E-state index in [-0.39, 0.29) is 11.0 Å². The number of ether oxygens (including phenoxy) is 3. The summed E-state index contributed by atoms with van der Waals surface area (Å²) in [5.41, 5.74) is 1.71. The fraction of sp³-hybridized carbons (Fsp3) is 0.381. The topological polar surface area (TPSA) is 78.0 Å².